The topological polar surface area (TPSA) is 159 Å². The Morgan fingerprint density at radius 2 is 1.77 bits per heavy atom. The van der Waals surface area contributed by atoms with E-state index in [1.165, 1.54) is 16.7 Å². The van der Waals surface area contributed by atoms with Gasteiger partial charge >= 0.3 is 5.51 Å². The number of rotatable bonds is 13. The lowest BCUT2D eigenvalue weighted by Gasteiger charge is -2.29. The van der Waals surface area contributed by atoms with Crippen LogP contribution in [0.5, 0.6) is 0 Å². The van der Waals surface area contributed by atoms with Gasteiger partial charge in [-0.1, -0.05) is 30.3 Å². The zero-order valence-corrected chi connectivity index (χ0v) is 31.6. The second-order valence-electron chi connectivity index (χ2n) is 12.4. The average molecular weight is 807 g/mol. The van der Waals surface area contributed by atoms with Gasteiger partial charge in [0.15, 0.2) is 10.9 Å². The van der Waals surface area contributed by atoms with E-state index in [4.69, 9.17) is 0 Å². The Balaban J connectivity index is 1.17. The van der Waals surface area contributed by atoms with Gasteiger partial charge in [-0.05, 0) is 74.9 Å². The number of para-hydroxylation sites is 1. The molecule has 19 heteroatoms. The molecule has 0 unspecified atom stereocenters. The number of aromatic nitrogens is 2. The van der Waals surface area contributed by atoms with Gasteiger partial charge in [-0.2, -0.15) is 13.2 Å². The SMILES string of the molecule is CN(C)CCCNc1ccc(S(=O)(=O)NC(=O)c2csc(N3CCc4cccc(C(=O)Cc5nc6ccccc6s5)c4C3)n2)cc1S(=O)(=O)C(F)(F)F. The van der Waals surface area contributed by atoms with Crippen LogP contribution in [0.3, 0.4) is 0 Å². The zero-order chi connectivity index (χ0) is 38.1. The molecule has 6 rings (SSSR count). The molecule has 0 saturated carbocycles. The first-order chi connectivity index (χ1) is 25.0. The number of carbonyl (C=O) groups excluding carboxylic acids is 2. The molecule has 0 radical (unpaired) electrons. The molecule has 2 N–H and O–H groups in total. The number of hydrogen-bond donors (Lipinski definition) is 2. The summed E-state index contributed by atoms with van der Waals surface area (Å²) in [6, 6.07) is 15.4. The minimum atomic E-state index is -5.97. The number of alkyl halides is 3. The number of carbonyl (C=O) groups is 2. The number of fused-ring (bicyclic) bond motifs is 2. The number of thiazole rings is 2. The summed E-state index contributed by atoms with van der Waals surface area (Å²) in [7, 11) is -7.24. The molecule has 5 aromatic rings. The van der Waals surface area contributed by atoms with Crippen molar-refractivity contribution in [2.45, 2.75) is 41.1 Å². The van der Waals surface area contributed by atoms with Gasteiger partial charge in [0, 0.05) is 30.6 Å². The number of Topliss-reactive ketones (excluding diaryl/α,β-unsaturated/α-hetero) is 1. The van der Waals surface area contributed by atoms with Gasteiger partial charge in [0.2, 0.25) is 0 Å². The number of amides is 1. The second kappa shape index (κ2) is 15.1. The summed E-state index contributed by atoms with van der Waals surface area (Å²) >= 11 is 2.53. The van der Waals surface area contributed by atoms with E-state index in [0.29, 0.717) is 54.2 Å². The Morgan fingerprint density at radius 3 is 2.51 bits per heavy atom. The average Bonchev–Trinajstić information content (AvgIpc) is 3.76. The Kier molecular flexibility index (Phi) is 10.9. The molecule has 0 bridgehead atoms. The zero-order valence-electron chi connectivity index (χ0n) is 28.3. The molecular formula is C34H33F3N6O6S4. The van der Waals surface area contributed by atoms with Gasteiger partial charge in [0.05, 0.1) is 27.2 Å². The van der Waals surface area contributed by atoms with Crippen molar-refractivity contribution < 1.29 is 39.6 Å². The van der Waals surface area contributed by atoms with Crippen molar-refractivity contribution in [3.05, 3.63) is 93.4 Å². The summed E-state index contributed by atoms with van der Waals surface area (Å²) in [6.07, 6.45) is 1.17. The van der Waals surface area contributed by atoms with Crippen LogP contribution in [0.4, 0.5) is 24.0 Å². The largest absolute Gasteiger partial charge is 0.501 e. The van der Waals surface area contributed by atoms with Gasteiger partial charge in [-0.3, -0.25) is 9.59 Å². The highest BCUT2D eigenvalue weighted by atomic mass is 32.2. The highest BCUT2D eigenvalue weighted by molar-refractivity contribution is 7.92. The van der Waals surface area contributed by atoms with Crippen molar-refractivity contribution in [3.63, 3.8) is 0 Å². The predicted octanol–water partition coefficient (Wildman–Crippen LogP) is 5.52. The van der Waals surface area contributed by atoms with E-state index in [0.717, 1.165) is 44.8 Å². The molecule has 1 aliphatic heterocycles. The molecule has 2 aromatic heterocycles. The first kappa shape index (κ1) is 38.3. The van der Waals surface area contributed by atoms with Crippen LogP contribution in [0.25, 0.3) is 10.2 Å². The highest BCUT2D eigenvalue weighted by Crippen LogP contribution is 2.36. The standard InChI is InChI=1S/C34H33F3N6O6S4/c1-42(2)15-6-14-38-26-12-11-22(17-30(26)52(46,47)34(35,36)37)53(48,49)41-32(45)27-20-50-33(40-27)43-16-13-21-7-5-8-23(24(21)19-43)28(44)18-31-39-25-9-3-4-10-29(25)51-31/h3-5,7-12,17,20,38H,6,13-16,18-19H2,1-2H3,(H,41,45). The molecule has 3 aromatic carbocycles. The lowest BCUT2D eigenvalue weighted by molar-refractivity contribution is -0.0435. The molecule has 0 aliphatic carbocycles. The highest BCUT2D eigenvalue weighted by Gasteiger charge is 2.48. The molecule has 3 heterocycles. The molecule has 12 nitrogen and oxygen atoms in total. The van der Waals surface area contributed by atoms with Crippen LogP contribution in [0, 0.1) is 0 Å². The third-order valence-corrected chi connectivity index (χ3v) is 13.2. The van der Waals surface area contributed by atoms with Gasteiger partial charge in [-0.15, -0.1) is 22.7 Å². The Hall–Kier alpha value is -4.43. The fourth-order valence-corrected chi connectivity index (χ4v) is 9.58. The van der Waals surface area contributed by atoms with Crippen LogP contribution in [-0.2, 0) is 39.2 Å². The van der Waals surface area contributed by atoms with Crippen LogP contribution in [0.2, 0.25) is 0 Å². The lowest BCUT2D eigenvalue weighted by atomic mass is 9.92. The molecule has 0 fully saturated rings. The third-order valence-electron chi connectivity index (χ3n) is 8.40. The van der Waals surface area contributed by atoms with E-state index in [2.05, 4.69) is 15.3 Å². The van der Waals surface area contributed by atoms with Crippen molar-refractivity contribution in [2.75, 3.05) is 43.9 Å². The van der Waals surface area contributed by atoms with Crippen molar-refractivity contribution in [2.24, 2.45) is 0 Å². The maximum Gasteiger partial charge on any atom is 0.501 e. The number of halogens is 3. The molecule has 0 saturated heterocycles. The van der Waals surface area contributed by atoms with Crippen LogP contribution in [0.1, 0.15) is 43.4 Å². The first-order valence-electron chi connectivity index (χ1n) is 16.1. The molecule has 280 valence electrons. The van der Waals surface area contributed by atoms with Crippen LogP contribution < -0.4 is 14.9 Å². The smallest absolute Gasteiger partial charge is 0.384 e. The molecule has 1 aliphatic rings. The van der Waals surface area contributed by atoms with Gasteiger partial charge in [0.1, 0.15) is 15.6 Å². The summed E-state index contributed by atoms with van der Waals surface area (Å²) in [5, 5.41) is 5.06. The fraction of sp³-hybridized carbons (Fsp3) is 0.294. The Morgan fingerprint density at radius 1 is 1.00 bits per heavy atom. The maximum absolute atomic E-state index is 13.6. The normalized spacial score (nSPS) is 13.7. The van der Waals surface area contributed by atoms with E-state index in [1.807, 2.05) is 46.2 Å². The molecule has 0 atom stereocenters. The number of benzene rings is 3. The minimum Gasteiger partial charge on any atom is -0.384 e. The number of sulfone groups is 1. The number of hydrogen-bond acceptors (Lipinski definition) is 13. The predicted molar refractivity (Wildman–Crippen MR) is 197 cm³/mol. The fourth-order valence-electron chi connectivity index (χ4n) is 5.76. The summed E-state index contributed by atoms with van der Waals surface area (Å²) in [5.41, 5.74) is -3.23. The summed E-state index contributed by atoms with van der Waals surface area (Å²) in [4.78, 5) is 37.1. The van der Waals surface area contributed by atoms with Crippen LogP contribution in [-0.4, -0.2) is 82.6 Å². The number of nitrogens with zero attached hydrogens (tertiary/aromatic N) is 4. The number of sulfonamides is 1. The molecule has 1 amide bonds. The van der Waals surface area contributed by atoms with E-state index in [9.17, 15) is 39.6 Å². The van der Waals surface area contributed by atoms with E-state index in [1.54, 1.807) is 24.9 Å². The quantitative estimate of drug-likeness (QED) is 0.114. The van der Waals surface area contributed by atoms with Gasteiger partial charge in [0.25, 0.3) is 25.8 Å². The lowest BCUT2D eigenvalue weighted by Crippen LogP contribution is -2.33. The maximum atomic E-state index is 13.6. The third kappa shape index (κ3) is 8.38. The van der Waals surface area contributed by atoms with Gasteiger partial charge in [-0.25, -0.2) is 31.5 Å². The second-order valence-corrected chi connectivity index (χ2v) is 18.0. The Bertz CT molecular complexity index is 2380. The Labute approximate surface area is 311 Å². The van der Waals surface area contributed by atoms with Crippen molar-refractivity contribution in [3.8, 4) is 0 Å². The van der Waals surface area contributed by atoms with Crippen molar-refractivity contribution >= 4 is 75.3 Å². The minimum absolute atomic E-state index is 0.0912. The monoisotopic (exact) mass is 806 g/mol. The van der Waals surface area contributed by atoms with Crippen LogP contribution >= 0.6 is 22.7 Å². The molecular weight excluding hydrogens is 774 g/mol. The number of nitrogens with one attached hydrogen (secondary N) is 2. The van der Waals surface area contributed by atoms with Crippen molar-refractivity contribution in [1.29, 1.82) is 0 Å². The molecule has 0 spiro atoms. The first-order valence-corrected chi connectivity index (χ1v) is 20.8. The van der Waals surface area contributed by atoms with Crippen LogP contribution in [0.15, 0.2) is 75.8 Å². The van der Waals surface area contributed by atoms with E-state index >= 15 is 0 Å². The number of ketones is 1. The summed E-state index contributed by atoms with van der Waals surface area (Å²) in [6.45, 7) is 1.47. The summed E-state index contributed by atoms with van der Waals surface area (Å²) < 4.78 is 94.9. The van der Waals surface area contributed by atoms with Crippen molar-refractivity contribution in [1.82, 2.24) is 19.6 Å². The van der Waals surface area contributed by atoms with E-state index in [-0.39, 0.29) is 24.4 Å². The molecule has 53 heavy (non-hydrogen) atoms. The number of anilines is 2. The van der Waals surface area contributed by atoms with E-state index < -0.39 is 46.8 Å². The summed E-state index contributed by atoms with van der Waals surface area (Å²) in [5.74, 6) is -1.26. The van der Waals surface area contributed by atoms with Gasteiger partial charge < -0.3 is 15.1 Å².